The summed E-state index contributed by atoms with van der Waals surface area (Å²) < 4.78 is 0.951. The molecule has 18 heavy (non-hydrogen) atoms. The minimum absolute atomic E-state index is 0.311. The van der Waals surface area contributed by atoms with Crippen molar-refractivity contribution in [2.45, 2.75) is 38.3 Å². The van der Waals surface area contributed by atoms with Crippen LogP contribution in [0.5, 0.6) is 0 Å². The third kappa shape index (κ3) is 2.90. The van der Waals surface area contributed by atoms with Crippen molar-refractivity contribution in [2.24, 2.45) is 5.73 Å². The highest BCUT2D eigenvalue weighted by Gasteiger charge is 2.29. The van der Waals surface area contributed by atoms with Crippen molar-refractivity contribution in [1.29, 1.82) is 0 Å². The van der Waals surface area contributed by atoms with Crippen LogP contribution >= 0.6 is 27.5 Å². The van der Waals surface area contributed by atoms with Crippen LogP contribution in [-0.4, -0.2) is 24.0 Å². The average Bonchev–Trinajstić information content (AvgIpc) is 2.83. The van der Waals surface area contributed by atoms with Gasteiger partial charge in [0, 0.05) is 23.1 Å². The summed E-state index contributed by atoms with van der Waals surface area (Å²) in [5.41, 5.74) is 7.26. The molecular weight excluding hydrogens is 312 g/mol. The van der Waals surface area contributed by atoms with Crippen LogP contribution in [0, 0.1) is 0 Å². The van der Waals surface area contributed by atoms with E-state index >= 15 is 0 Å². The molecule has 2 atom stereocenters. The largest absolute Gasteiger partial charge is 0.329 e. The van der Waals surface area contributed by atoms with Crippen molar-refractivity contribution >= 4 is 27.5 Å². The molecule has 0 saturated carbocycles. The molecule has 2 unspecified atom stereocenters. The second-order valence-corrected chi connectivity index (χ2v) is 6.13. The fourth-order valence-corrected chi connectivity index (χ4v) is 3.40. The van der Waals surface area contributed by atoms with E-state index in [9.17, 15) is 0 Å². The lowest BCUT2D eigenvalue weighted by atomic mass is 10.0. The van der Waals surface area contributed by atoms with E-state index in [4.69, 9.17) is 17.3 Å². The molecule has 1 aromatic carbocycles. The predicted molar refractivity (Wildman–Crippen MR) is 81.0 cm³/mol. The van der Waals surface area contributed by atoms with Gasteiger partial charge in [0.25, 0.3) is 0 Å². The van der Waals surface area contributed by atoms with Gasteiger partial charge in [-0.25, -0.2) is 0 Å². The second-order valence-electron chi connectivity index (χ2n) is 4.87. The normalized spacial score (nSPS) is 22.3. The molecule has 4 heteroatoms. The molecule has 1 fully saturated rings. The zero-order valence-corrected chi connectivity index (χ0v) is 13.0. The van der Waals surface area contributed by atoms with E-state index in [-0.39, 0.29) is 0 Å². The zero-order valence-electron chi connectivity index (χ0n) is 10.7. The summed E-state index contributed by atoms with van der Waals surface area (Å²) in [4.78, 5) is 2.55. The summed E-state index contributed by atoms with van der Waals surface area (Å²) in [6, 6.07) is 7.13. The van der Waals surface area contributed by atoms with Crippen molar-refractivity contribution < 1.29 is 0 Å². The van der Waals surface area contributed by atoms with E-state index in [2.05, 4.69) is 39.9 Å². The molecule has 0 radical (unpaired) electrons. The van der Waals surface area contributed by atoms with E-state index < -0.39 is 0 Å². The molecule has 0 aromatic heterocycles. The Morgan fingerprint density at radius 2 is 2.33 bits per heavy atom. The van der Waals surface area contributed by atoms with Gasteiger partial charge in [-0.05, 0) is 59.4 Å². The lowest BCUT2D eigenvalue weighted by Crippen LogP contribution is -2.37. The van der Waals surface area contributed by atoms with E-state index in [1.165, 1.54) is 24.8 Å². The number of hydrogen-bond donors (Lipinski definition) is 1. The Bertz CT molecular complexity index is 411. The third-order valence-electron chi connectivity index (χ3n) is 3.85. The van der Waals surface area contributed by atoms with Crippen LogP contribution in [0.2, 0.25) is 5.02 Å². The van der Waals surface area contributed by atoms with Crippen LogP contribution in [0.15, 0.2) is 22.7 Å². The summed E-state index contributed by atoms with van der Waals surface area (Å²) in [5, 5.41) is 0.753. The average molecular weight is 332 g/mol. The third-order valence-corrected chi connectivity index (χ3v) is 5.06. The van der Waals surface area contributed by atoms with Gasteiger partial charge in [0.05, 0.1) is 5.02 Å². The Balaban J connectivity index is 2.24. The molecule has 1 aliphatic rings. The van der Waals surface area contributed by atoms with E-state index in [0.29, 0.717) is 18.6 Å². The number of benzene rings is 1. The first-order valence-electron chi connectivity index (χ1n) is 6.58. The Hall–Kier alpha value is -0.0900. The van der Waals surface area contributed by atoms with Gasteiger partial charge in [-0.15, -0.1) is 0 Å². The molecule has 1 heterocycles. The van der Waals surface area contributed by atoms with Gasteiger partial charge < -0.3 is 5.73 Å². The Kier molecular flexibility index (Phi) is 5.07. The number of nitrogens with two attached hydrogens (primary N) is 1. The minimum Gasteiger partial charge on any atom is -0.329 e. The van der Waals surface area contributed by atoms with Crippen molar-refractivity contribution in [3.63, 3.8) is 0 Å². The van der Waals surface area contributed by atoms with Gasteiger partial charge in [-0.2, -0.15) is 0 Å². The lowest BCUT2D eigenvalue weighted by Gasteiger charge is -2.32. The van der Waals surface area contributed by atoms with Crippen LogP contribution in [0.4, 0.5) is 0 Å². The number of hydrogen-bond acceptors (Lipinski definition) is 2. The molecule has 0 bridgehead atoms. The van der Waals surface area contributed by atoms with Crippen molar-refractivity contribution in [2.75, 3.05) is 13.1 Å². The van der Waals surface area contributed by atoms with E-state index in [1.54, 1.807) is 0 Å². The first-order chi connectivity index (χ1) is 8.67. The van der Waals surface area contributed by atoms with E-state index in [1.807, 2.05) is 6.07 Å². The number of rotatable bonds is 4. The summed E-state index contributed by atoms with van der Waals surface area (Å²) in [5.74, 6) is 0. The maximum atomic E-state index is 6.05. The molecule has 1 aliphatic heterocycles. The monoisotopic (exact) mass is 330 g/mol. The quantitative estimate of drug-likeness (QED) is 0.904. The van der Waals surface area contributed by atoms with Crippen LogP contribution in [0.3, 0.4) is 0 Å². The maximum Gasteiger partial charge on any atom is 0.0548 e. The van der Waals surface area contributed by atoms with Gasteiger partial charge in [-0.1, -0.05) is 24.6 Å². The molecular formula is C14H20BrClN2. The smallest absolute Gasteiger partial charge is 0.0548 e. The van der Waals surface area contributed by atoms with Gasteiger partial charge in [0.1, 0.15) is 0 Å². The predicted octanol–water partition coefficient (Wildman–Crippen LogP) is 3.98. The number of halogens is 2. The summed E-state index contributed by atoms with van der Waals surface area (Å²) in [7, 11) is 0. The maximum absolute atomic E-state index is 6.05. The molecule has 0 aliphatic carbocycles. The highest BCUT2D eigenvalue weighted by molar-refractivity contribution is 9.10. The van der Waals surface area contributed by atoms with E-state index in [0.717, 1.165) is 16.0 Å². The number of likely N-dealkylation sites (tertiary alicyclic amines) is 1. The molecule has 0 amide bonds. The van der Waals surface area contributed by atoms with Crippen molar-refractivity contribution in [3.8, 4) is 0 Å². The lowest BCUT2D eigenvalue weighted by molar-refractivity contribution is 0.180. The Morgan fingerprint density at radius 3 is 2.94 bits per heavy atom. The molecule has 100 valence electrons. The molecule has 2 nitrogen and oxygen atoms in total. The fraction of sp³-hybridized carbons (Fsp3) is 0.571. The molecule has 2 rings (SSSR count). The topological polar surface area (TPSA) is 29.3 Å². The Labute approximate surface area is 123 Å². The van der Waals surface area contributed by atoms with Gasteiger partial charge in [0.15, 0.2) is 0 Å². The van der Waals surface area contributed by atoms with Crippen molar-refractivity contribution in [3.05, 3.63) is 33.3 Å². The first-order valence-corrected chi connectivity index (χ1v) is 7.75. The molecule has 1 aromatic rings. The highest BCUT2D eigenvalue weighted by atomic mass is 79.9. The Morgan fingerprint density at radius 1 is 1.56 bits per heavy atom. The summed E-state index contributed by atoms with van der Waals surface area (Å²) in [6.45, 7) is 4.07. The van der Waals surface area contributed by atoms with Crippen LogP contribution in [0.1, 0.15) is 37.8 Å². The van der Waals surface area contributed by atoms with Gasteiger partial charge in [0.2, 0.25) is 0 Å². The highest BCUT2D eigenvalue weighted by Crippen LogP contribution is 2.33. The van der Waals surface area contributed by atoms with Gasteiger partial charge in [-0.3, -0.25) is 4.90 Å². The van der Waals surface area contributed by atoms with Gasteiger partial charge >= 0.3 is 0 Å². The molecule has 0 spiro atoms. The first kappa shape index (κ1) is 14.3. The number of nitrogens with zero attached hydrogens (tertiary/aromatic N) is 1. The van der Waals surface area contributed by atoms with Crippen LogP contribution < -0.4 is 5.73 Å². The summed E-state index contributed by atoms with van der Waals surface area (Å²) in [6.07, 6.45) is 3.77. The van der Waals surface area contributed by atoms with Crippen LogP contribution in [0.25, 0.3) is 0 Å². The standard InChI is InChI=1S/C14H20BrClN2/c1-2-11-4-3-7-18(11)14(9-17)10-5-6-13(16)12(15)8-10/h5-6,8,11,14H,2-4,7,9,17H2,1H3. The molecule has 1 saturated heterocycles. The zero-order chi connectivity index (χ0) is 13.1. The minimum atomic E-state index is 0.311. The van der Waals surface area contributed by atoms with Crippen molar-refractivity contribution in [1.82, 2.24) is 4.90 Å². The SMILES string of the molecule is CCC1CCCN1C(CN)c1ccc(Cl)c(Br)c1. The second kappa shape index (κ2) is 6.38. The molecule has 2 N–H and O–H groups in total. The fourth-order valence-electron chi connectivity index (χ4n) is 2.89. The summed E-state index contributed by atoms with van der Waals surface area (Å²) >= 11 is 9.55. The van der Waals surface area contributed by atoms with Crippen LogP contribution in [-0.2, 0) is 0 Å².